The average Bonchev–Trinajstić information content (AvgIpc) is 3.66. The van der Waals surface area contributed by atoms with Gasteiger partial charge in [-0.3, -0.25) is 34.7 Å². The summed E-state index contributed by atoms with van der Waals surface area (Å²) in [6.07, 6.45) is -1.46. The molecule has 6 atom stereocenters. The van der Waals surface area contributed by atoms with E-state index >= 15 is 0 Å². The number of thioether (sulfide) groups is 1. The Morgan fingerprint density at radius 3 is 2.00 bits per heavy atom. The third-order valence-corrected chi connectivity index (χ3v) is 11.7. The third kappa shape index (κ3) is 7.70. The molecule has 0 unspecified atom stereocenters. The summed E-state index contributed by atoms with van der Waals surface area (Å²) in [6.45, 7) is 5.41. The van der Waals surface area contributed by atoms with Crippen molar-refractivity contribution in [3.05, 3.63) is 90.5 Å². The van der Waals surface area contributed by atoms with E-state index in [1.54, 1.807) is 4.90 Å². The average molecular weight is 753 g/mol. The summed E-state index contributed by atoms with van der Waals surface area (Å²) in [5, 5.41) is 32.2. The zero-order valence-electron chi connectivity index (χ0n) is 29.4. The Kier molecular flexibility index (Phi) is 11.0. The van der Waals surface area contributed by atoms with E-state index in [1.807, 2.05) is 14.0 Å². The first kappa shape index (κ1) is 37.7. The smallest absolute Gasteiger partial charge is 0.410 e. The highest BCUT2D eigenvalue weighted by atomic mass is 32.2. The predicted molar refractivity (Wildman–Crippen MR) is 189 cm³/mol. The molecule has 53 heavy (non-hydrogen) atoms. The Morgan fingerprint density at radius 2 is 1.47 bits per heavy atom. The number of fused-ring (bicyclic) bond motifs is 1. The number of likely N-dealkylation sites (N-methyl/N-ethyl adjacent to an activating group) is 1. The van der Waals surface area contributed by atoms with Gasteiger partial charge in [0.2, 0.25) is 11.8 Å². The second kappa shape index (κ2) is 15.5. The molecule has 4 aliphatic heterocycles. The number of amides is 3. The van der Waals surface area contributed by atoms with Crippen LogP contribution in [0.1, 0.15) is 31.4 Å². The molecule has 0 aliphatic carbocycles. The molecule has 0 bridgehead atoms. The minimum Gasteiger partial charge on any atom is -0.456 e. The Hall–Kier alpha value is -5.07. The van der Waals surface area contributed by atoms with Gasteiger partial charge in [-0.15, -0.1) is 11.8 Å². The van der Waals surface area contributed by atoms with Crippen LogP contribution in [0.4, 0.5) is 16.2 Å². The second-order valence-corrected chi connectivity index (χ2v) is 15.1. The number of rotatable bonds is 11. The van der Waals surface area contributed by atoms with Crippen LogP contribution in [0.15, 0.2) is 59.1 Å². The number of nitrogens with zero attached hydrogens (tertiary/aromatic N) is 6. The van der Waals surface area contributed by atoms with Gasteiger partial charge in [0.1, 0.15) is 25.0 Å². The van der Waals surface area contributed by atoms with Crippen molar-refractivity contribution in [1.82, 2.24) is 19.6 Å². The predicted octanol–water partition coefficient (Wildman–Crippen LogP) is 2.90. The maximum Gasteiger partial charge on any atom is 0.410 e. The maximum atomic E-state index is 14.0. The Labute approximate surface area is 308 Å². The number of non-ortho nitro benzene ring substituents is 2. The summed E-state index contributed by atoms with van der Waals surface area (Å²) in [6, 6.07) is 9.78. The minimum absolute atomic E-state index is 0.0393. The van der Waals surface area contributed by atoms with Crippen LogP contribution in [0.3, 0.4) is 0 Å². The fourth-order valence-corrected chi connectivity index (χ4v) is 8.80. The van der Waals surface area contributed by atoms with Crippen molar-refractivity contribution in [2.75, 3.05) is 39.8 Å². The molecule has 1 N–H and O–H groups in total. The molecule has 3 saturated heterocycles. The van der Waals surface area contributed by atoms with E-state index in [0.29, 0.717) is 42.2 Å². The number of piperazine rings is 1. The number of aliphatic hydroxyl groups is 1. The van der Waals surface area contributed by atoms with Crippen molar-refractivity contribution in [3.63, 3.8) is 0 Å². The van der Waals surface area contributed by atoms with Gasteiger partial charge >= 0.3 is 12.1 Å². The van der Waals surface area contributed by atoms with Gasteiger partial charge in [-0.2, -0.15) is 0 Å². The first-order chi connectivity index (χ1) is 25.2. The number of aliphatic hydroxyl groups excluding tert-OH is 1. The van der Waals surface area contributed by atoms with Crippen molar-refractivity contribution in [2.45, 2.75) is 56.9 Å². The lowest BCUT2D eigenvalue weighted by atomic mass is 9.79. The lowest BCUT2D eigenvalue weighted by Crippen LogP contribution is -2.63. The van der Waals surface area contributed by atoms with Gasteiger partial charge in [-0.25, -0.2) is 9.59 Å². The van der Waals surface area contributed by atoms with E-state index in [2.05, 4.69) is 4.90 Å². The fraction of sp³-hybridized carbons (Fsp3) is 0.486. The molecule has 0 saturated carbocycles. The number of carbonyl (C=O) groups is 4. The van der Waals surface area contributed by atoms with Crippen LogP contribution >= 0.6 is 11.8 Å². The van der Waals surface area contributed by atoms with Gasteiger partial charge in [0.15, 0.2) is 0 Å². The highest BCUT2D eigenvalue weighted by Gasteiger charge is 2.60. The molecule has 3 amide bonds. The first-order valence-corrected chi connectivity index (χ1v) is 18.1. The minimum atomic E-state index is -0.967. The molecule has 2 aromatic rings. The molecule has 0 aromatic heterocycles. The highest BCUT2D eigenvalue weighted by molar-refractivity contribution is 8.03. The van der Waals surface area contributed by atoms with E-state index in [0.717, 1.165) is 0 Å². The highest BCUT2D eigenvalue weighted by Crippen LogP contribution is 2.52. The number of hydrogen-bond acceptors (Lipinski definition) is 13. The number of nitro benzene ring substituents is 2. The summed E-state index contributed by atoms with van der Waals surface area (Å²) in [5.74, 6) is -2.53. The van der Waals surface area contributed by atoms with Crippen molar-refractivity contribution >= 4 is 47.0 Å². The van der Waals surface area contributed by atoms with E-state index in [4.69, 9.17) is 9.47 Å². The van der Waals surface area contributed by atoms with Crippen LogP contribution in [0.25, 0.3) is 0 Å². The number of nitro groups is 2. The zero-order chi connectivity index (χ0) is 38.1. The lowest BCUT2D eigenvalue weighted by Gasteiger charge is -2.46. The molecule has 4 heterocycles. The van der Waals surface area contributed by atoms with Gasteiger partial charge in [-0.05, 0) is 55.8 Å². The van der Waals surface area contributed by atoms with Crippen LogP contribution in [0.2, 0.25) is 0 Å². The quantitative estimate of drug-likeness (QED) is 0.152. The van der Waals surface area contributed by atoms with Crippen molar-refractivity contribution in [3.8, 4) is 0 Å². The van der Waals surface area contributed by atoms with Crippen LogP contribution in [0.5, 0.6) is 0 Å². The summed E-state index contributed by atoms with van der Waals surface area (Å²) in [4.78, 5) is 82.8. The molecule has 0 radical (unpaired) electrons. The van der Waals surface area contributed by atoms with Crippen LogP contribution in [0, 0.1) is 32.1 Å². The van der Waals surface area contributed by atoms with Crippen LogP contribution < -0.4 is 0 Å². The zero-order valence-corrected chi connectivity index (χ0v) is 30.2. The molecule has 17 nitrogen and oxygen atoms in total. The van der Waals surface area contributed by atoms with E-state index < -0.39 is 57.2 Å². The number of esters is 1. The molecular formula is C35H40N6O11S. The van der Waals surface area contributed by atoms with E-state index in [9.17, 15) is 44.5 Å². The molecule has 4 aliphatic rings. The van der Waals surface area contributed by atoms with Crippen LogP contribution in [-0.2, 0) is 37.1 Å². The molecule has 3 fully saturated rings. The summed E-state index contributed by atoms with van der Waals surface area (Å²) < 4.78 is 11.2. The van der Waals surface area contributed by atoms with Crippen molar-refractivity contribution in [1.29, 1.82) is 0 Å². The second-order valence-electron chi connectivity index (χ2n) is 13.7. The van der Waals surface area contributed by atoms with Crippen LogP contribution in [-0.4, -0.2) is 122 Å². The number of carbonyl (C=O) groups excluding carboxylic acids is 4. The summed E-state index contributed by atoms with van der Waals surface area (Å²) in [5.41, 5.74) is 0.849. The molecule has 0 spiro atoms. The molecule has 6 rings (SSSR count). The number of hydrogen-bond donors (Lipinski definition) is 1. The standard InChI is InChI=1S/C35H40N6O11S/c1-20-29-28(21(2)42)33(44)39(29)30(34(45)51-18-22-4-8-24(9-5-22)40(47)48)31(20)53-26-16-27(32(43)37-14-12-36(3)13-15-37)38(17-26)35(46)52-19-23-6-10-25(11-7-23)41(49)50/h4-11,20-21,26-29,42H,12-19H2,1-3H3/t20-,21-,26+,27+,28-,29-/m1/s1. The maximum absolute atomic E-state index is 14.0. The normalized spacial score (nSPS) is 24.8. The lowest BCUT2D eigenvalue weighted by molar-refractivity contribution is -0.385. The molecule has 282 valence electrons. The van der Waals surface area contributed by atoms with Crippen molar-refractivity contribution < 1.29 is 43.6 Å². The number of likely N-dealkylation sites (tertiary alicyclic amines) is 1. The van der Waals surface area contributed by atoms with E-state index in [-0.39, 0.29) is 55.1 Å². The SMILES string of the molecule is C[C@@H](O)[C@H]1C(=O)N2C(C(=O)OCc3ccc([N+](=O)[O-])cc3)=C(S[C@H]3C[C@@H](C(=O)N4CCN(C)CC4)N(C(=O)OCc4ccc([N+](=O)[O-])cc4)C3)[C@H](C)[C@H]12. The number of β-lactam (4-membered cyclic amide) rings is 1. The van der Waals surface area contributed by atoms with Gasteiger partial charge in [0, 0.05) is 73.1 Å². The summed E-state index contributed by atoms with van der Waals surface area (Å²) in [7, 11) is 1.97. The Bertz CT molecular complexity index is 1810. The largest absolute Gasteiger partial charge is 0.456 e. The Morgan fingerprint density at radius 1 is 0.925 bits per heavy atom. The van der Waals surface area contributed by atoms with Gasteiger partial charge in [0.05, 0.1) is 27.9 Å². The summed E-state index contributed by atoms with van der Waals surface area (Å²) >= 11 is 1.29. The Balaban J connectivity index is 1.23. The molecule has 2 aromatic carbocycles. The fourth-order valence-electron chi connectivity index (χ4n) is 7.28. The number of benzene rings is 2. The third-order valence-electron chi connectivity index (χ3n) is 10.2. The van der Waals surface area contributed by atoms with Gasteiger partial charge < -0.3 is 29.3 Å². The number of ether oxygens (including phenoxy) is 2. The van der Waals surface area contributed by atoms with E-state index in [1.165, 1.54) is 77.0 Å². The van der Waals surface area contributed by atoms with Gasteiger partial charge in [-0.1, -0.05) is 6.92 Å². The van der Waals surface area contributed by atoms with Gasteiger partial charge in [0.25, 0.3) is 11.4 Å². The topological polar surface area (TPSA) is 206 Å². The molecule has 18 heteroatoms. The first-order valence-electron chi connectivity index (χ1n) is 17.2. The monoisotopic (exact) mass is 752 g/mol. The van der Waals surface area contributed by atoms with Crippen molar-refractivity contribution in [2.24, 2.45) is 11.8 Å². The molecular weight excluding hydrogens is 712 g/mol.